The van der Waals surface area contributed by atoms with Gasteiger partial charge in [0.2, 0.25) is 0 Å². The molecule has 3 rings (SSSR count). The molecule has 2 aromatic carbocycles. The molecule has 180 valence electrons. The Bertz CT molecular complexity index is 879. The lowest BCUT2D eigenvalue weighted by Gasteiger charge is -2.37. The van der Waals surface area contributed by atoms with E-state index in [2.05, 4.69) is 13.8 Å². The van der Waals surface area contributed by atoms with Gasteiger partial charge in [0, 0.05) is 0 Å². The highest BCUT2D eigenvalue weighted by molar-refractivity contribution is 5.82. The number of aliphatic carboxylic acids is 1. The predicted molar refractivity (Wildman–Crippen MR) is 135 cm³/mol. The first-order valence-corrected chi connectivity index (χ1v) is 13.1. The summed E-state index contributed by atoms with van der Waals surface area (Å²) < 4.78 is 14.7. The fraction of sp³-hybridized carbons (Fsp3) is 0.567. The van der Waals surface area contributed by atoms with Gasteiger partial charge in [-0.2, -0.15) is 0 Å². The van der Waals surface area contributed by atoms with Gasteiger partial charge >= 0.3 is 5.97 Å². The van der Waals surface area contributed by atoms with Crippen LogP contribution in [0.25, 0.3) is 11.1 Å². The molecule has 1 aliphatic carbocycles. The average molecular weight is 453 g/mol. The molecule has 2 aromatic rings. The minimum absolute atomic E-state index is 0.139. The summed E-state index contributed by atoms with van der Waals surface area (Å²) >= 11 is 0. The van der Waals surface area contributed by atoms with Crippen molar-refractivity contribution < 1.29 is 14.3 Å². The molecule has 0 heterocycles. The minimum atomic E-state index is -0.784. The maximum absolute atomic E-state index is 14.7. The van der Waals surface area contributed by atoms with Crippen LogP contribution in [0, 0.1) is 11.7 Å². The molecule has 0 bridgehead atoms. The third kappa shape index (κ3) is 6.46. The number of carboxylic acid groups (broad SMARTS) is 1. The number of hydrogen-bond acceptors (Lipinski definition) is 1. The maximum Gasteiger partial charge on any atom is 0.314 e. The zero-order chi connectivity index (χ0) is 23.7. The Morgan fingerprint density at radius 2 is 1.55 bits per heavy atom. The summed E-state index contributed by atoms with van der Waals surface area (Å²) in [5.74, 6) is -0.192. The van der Waals surface area contributed by atoms with Crippen LogP contribution in [-0.4, -0.2) is 11.1 Å². The molecular weight excluding hydrogens is 411 g/mol. The van der Waals surface area contributed by atoms with Crippen LogP contribution in [0.1, 0.15) is 102 Å². The topological polar surface area (TPSA) is 37.3 Å². The van der Waals surface area contributed by atoms with Gasteiger partial charge in [-0.05, 0) is 72.8 Å². The second kappa shape index (κ2) is 12.3. The molecule has 0 spiro atoms. The SMILES string of the molecule is CCCCCCCc1ccc(-c2ccc(C3(C(=O)O)CCC(CCCC)CC3)cc2)cc1F. The normalized spacial score (nSPS) is 20.6. The smallest absolute Gasteiger partial charge is 0.314 e. The van der Waals surface area contributed by atoms with E-state index in [1.165, 1.54) is 38.5 Å². The van der Waals surface area contributed by atoms with Gasteiger partial charge in [-0.1, -0.05) is 95.2 Å². The van der Waals surface area contributed by atoms with Crippen LogP contribution in [0.3, 0.4) is 0 Å². The molecule has 0 unspecified atom stereocenters. The van der Waals surface area contributed by atoms with E-state index in [0.29, 0.717) is 18.8 Å². The Morgan fingerprint density at radius 1 is 0.909 bits per heavy atom. The van der Waals surface area contributed by atoms with Crippen molar-refractivity contribution in [2.75, 3.05) is 0 Å². The van der Waals surface area contributed by atoms with Crippen molar-refractivity contribution in [1.29, 1.82) is 0 Å². The second-order valence-electron chi connectivity index (χ2n) is 10.0. The van der Waals surface area contributed by atoms with E-state index in [0.717, 1.165) is 54.4 Å². The van der Waals surface area contributed by atoms with Crippen molar-refractivity contribution in [3.8, 4) is 11.1 Å². The molecular formula is C30H41FO2. The summed E-state index contributed by atoms with van der Waals surface area (Å²) in [5.41, 5.74) is 2.67. The zero-order valence-electron chi connectivity index (χ0n) is 20.5. The number of benzene rings is 2. The van der Waals surface area contributed by atoms with Crippen molar-refractivity contribution in [3.63, 3.8) is 0 Å². The molecule has 0 amide bonds. The number of hydrogen-bond donors (Lipinski definition) is 1. The monoisotopic (exact) mass is 452 g/mol. The summed E-state index contributed by atoms with van der Waals surface area (Å²) in [6.45, 7) is 4.41. The van der Waals surface area contributed by atoms with E-state index in [4.69, 9.17) is 0 Å². The highest BCUT2D eigenvalue weighted by Gasteiger charge is 2.43. The van der Waals surface area contributed by atoms with E-state index < -0.39 is 11.4 Å². The lowest BCUT2D eigenvalue weighted by molar-refractivity contribution is -0.145. The zero-order valence-corrected chi connectivity index (χ0v) is 20.5. The third-order valence-electron chi connectivity index (χ3n) is 7.71. The second-order valence-corrected chi connectivity index (χ2v) is 10.0. The fourth-order valence-electron chi connectivity index (χ4n) is 5.41. The standard InChI is InChI=1S/C30H41FO2/c1-3-5-7-8-9-11-25-12-13-26(22-28(25)31)24-14-16-27(17-15-24)30(29(32)33)20-18-23(19-21-30)10-6-4-2/h12-17,22-23H,3-11,18-21H2,1-2H3,(H,32,33). The van der Waals surface area contributed by atoms with Crippen molar-refractivity contribution >= 4 is 5.97 Å². The Balaban J connectivity index is 1.67. The van der Waals surface area contributed by atoms with Crippen LogP contribution in [-0.2, 0) is 16.6 Å². The van der Waals surface area contributed by atoms with Crippen molar-refractivity contribution in [1.82, 2.24) is 0 Å². The van der Waals surface area contributed by atoms with Crippen molar-refractivity contribution in [3.05, 3.63) is 59.4 Å². The predicted octanol–water partition coefficient (Wildman–Crippen LogP) is 8.71. The molecule has 33 heavy (non-hydrogen) atoms. The highest BCUT2D eigenvalue weighted by atomic mass is 19.1. The summed E-state index contributed by atoms with van der Waals surface area (Å²) in [6.07, 6.45) is 13.7. The van der Waals surface area contributed by atoms with Crippen LogP contribution >= 0.6 is 0 Å². The first-order chi connectivity index (χ1) is 16.0. The molecule has 1 saturated carbocycles. The van der Waals surface area contributed by atoms with Gasteiger partial charge < -0.3 is 5.11 Å². The minimum Gasteiger partial charge on any atom is -0.481 e. The number of rotatable bonds is 12. The van der Waals surface area contributed by atoms with E-state index in [1.807, 2.05) is 36.4 Å². The Kier molecular flexibility index (Phi) is 9.52. The third-order valence-corrected chi connectivity index (χ3v) is 7.71. The van der Waals surface area contributed by atoms with Gasteiger partial charge in [-0.25, -0.2) is 4.39 Å². The number of aryl methyl sites for hydroxylation is 1. The summed E-state index contributed by atoms with van der Waals surface area (Å²) in [4.78, 5) is 12.3. The molecule has 0 aromatic heterocycles. The molecule has 2 nitrogen and oxygen atoms in total. The molecule has 0 saturated heterocycles. The number of carboxylic acids is 1. The Hall–Kier alpha value is -2.16. The van der Waals surface area contributed by atoms with Crippen molar-refractivity contribution in [2.24, 2.45) is 5.92 Å². The van der Waals surface area contributed by atoms with Gasteiger partial charge in [0.05, 0.1) is 5.41 Å². The van der Waals surface area contributed by atoms with E-state index >= 15 is 0 Å². The van der Waals surface area contributed by atoms with Crippen LogP contribution in [0.4, 0.5) is 4.39 Å². The molecule has 1 N–H and O–H groups in total. The molecule has 1 aliphatic rings. The lowest BCUT2D eigenvalue weighted by Crippen LogP contribution is -2.39. The fourth-order valence-corrected chi connectivity index (χ4v) is 5.41. The van der Waals surface area contributed by atoms with Crippen LogP contribution < -0.4 is 0 Å². The molecule has 0 aliphatic heterocycles. The van der Waals surface area contributed by atoms with Gasteiger partial charge in [0.15, 0.2) is 0 Å². The first kappa shape index (κ1) is 25.5. The Labute approximate surface area is 199 Å². The first-order valence-electron chi connectivity index (χ1n) is 13.1. The molecule has 0 radical (unpaired) electrons. The molecule has 3 heteroatoms. The van der Waals surface area contributed by atoms with Crippen LogP contribution in [0.2, 0.25) is 0 Å². The van der Waals surface area contributed by atoms with Gasteiger partial charge in [-0.15, -0.1) is 0 Å². The number of halogens is 1. The highest BCUT2D eigenvalue weighted by Crippen LogP contribution is 2.43. The largest absolute Gasteiger partial charge is 0.481 e. The van der Waals surface area contributed by atoms with Crippen LogP contribution in [0.15, 0.2) is 42.5 Å². The Morgan fingerprint density at radius 3 is 2.15 bits per heavy atom. The quantitative estimate of drug-likeness (QED) is 0.327. The van der Waals surface area contributed by atoms with Gasteiger partial charge in [0.25, 0.3) is 0 Å². The van der Waals surface area contributed by atoms with E-state index in [9.17, 15) is 14.3 Å². The molecule has 0 atom stereocenters. The van der Waals surface area contributed by atoms with Gasteiger partial charge in [0.1, 0.15) is 5.82 Å². The van der Waals surface area contributed by atoms with Gasteiger partial charge in [-0.3, -0.25) is 4.79 Å². The van der Waals surface area contributed by atoms with Crippen LogP contribution in [0.5, 0.6) is 0 Å². The number of carbonyl (C=O) groups is 1. The molecule has 1 fully saturated rings. The van der Waals surface area contributed by atoms with E-state index in [1.54, 1.807) is 6.07 Å². The van der Waals surface area contributed by atoms with E-state index in [-0.39, 0.29) is 5.82 Å². The summed E-state index contributed by atoms with van der Waals surface area (Å²) in [5, 5.41) is 10.1. The lowest BCUT2D eigenvalue weighted by atomic mass is 9.66. The number of unbranched alkanes of at least 4 members (excludes halogenated alkanes) is 5. The summed E-state index contributed by atoms with van der Waals surface area (Å²) in [7, 11) is 0. The summed E-state index contributed by atoms with van der Waals surface area (Å²) in [6, 6.07) is 13.4. The van der Waals surface area contributed by atoms with Crippen molar-refractivity contribution in [2.45, 2.75) is 103 Å². The maximum atomic E-state index is 14.7. The average Bonchev–Trinajstić information content (AvgIpc) is 2.84.